The van der Waals surface area contributed by atoms with Crippen LogP contribution in [-0.4, -0.2) is 24.8 Å². The van der Waals surface area contributed by atoms with E-state index >= 15 is 0 Å². The van der Waals surface area contributed by atoms with Crippen LogP contribution in [0.5, 0.6) is 0 Å². The van der Waals surface area contributed by atoms with E-state index in [9.17, 15) is 0 Å². The van der Waals surface area contributed by atoms with Crippen LogP contribution in [0.15, 0.2) is 0 Å². The van der Waals surface area contributed by atoms with E-state index in [0.29, 0.717) is 0 Å². The van der Waals surface area contributed by atoms with E-state index in [-0.39, 0.29) is 5.60 Å². The fourth-order valence-corrected chi connectivity index (χ4v) is 3.43. The Hall–Kier alpha value is -0.0800. The molecular formula is C15H29NO. The number of hydrogen-bond donors (Lipinski definition) is 1. The highest BCUT2D eigenvalue weighted by Gasteiger charge is 2.39. The smallest absolute Gasteiger partial charge is 0.0697 e. The molecule has 1 aliphatic heterocycles. The van der Waals surface area contributed by atoms with Crippen LogP contribution in [0.4, 0.5) is 0 Å². The quantitative estimate of drug-likeness (QED) is 0.714. The van der Waals surface area contributed by atoms with Crippen LogP contribution < -0.4 is 5.32 Å². The zero-order chi connectivity index (χ0) is 12.0. The molecule has 2 aliphatic rings. The zero-order valence-electron chi connectivity index (χ0n) is 11.5. The van der Waals surface area contributed by atoms with Gasteiger partial charge in [0.2, 0.25) is 0 Å². The fraction of sp³-hybridized carbons (Fsp3) is 1.00. The summed E-state index contributed by atoms with van der Waals surface area (Å²) in [6.45, 7) is 4.46. The molecule has 0 aromatic heterocycles. The molecule has 1 unspecified atom stereocenters. The topological polar surface area (TPSA) is 21.3 Å². The van der Waals surface area contributed by atoms with E-state index in [0.717, 1.165) is 12.6 Å². The van der Waals surface area contributed by atoms with E-state index in [1.807, 2.05) is 0 Å². The minimum Gasteiger partial charge on any atom is -0.375 e. The molecule has 1 N–H and O–H groups in total. The maximum Gasteiger partial charge on any atom is 0.0697 e. The first kappa shape index (κ1) is 13.4. The summed E-state index contributed by atoms with van der Waals surface area (Å²) in [5, 5.41) is 3.75. The molecule has 2 heteroatoms. The average molecular weight is 239 g/mol. The van der Waals surface area contributed by atoms with E-state index in [4.69, 9.17) is 4.74 Å². The SMILES string of the molecule is CCCCCCNC1CCOC2(CCCC2)C1. The summed E-state index contributed by atoms with van der Waals surface area (Å²) in [5.41, 5.74) is 0.277. The lowest BCUT2D eigenvalue weighted by Crippen LogP contribution is -2.45. The van der Waals surface area contributed by atoms with Crippen molar-refractivity contribution in [3.8, 4) is 0 Å². The highest BCUT2D eigenvalue weighted by Crippen LogP contribution is 2.39. The molecule has 0 amide bonds. The Morgan fingerprint density at radius 3 is 2.76 bits per heavy atom. The number of nitrogens with one attached hydrogen (secondary N) is 1. The van der Waals surface area contributed by atoms with Gasteiger partial charge in [0.05, 0.1) is 5.60 Å². The first-order valence-electron chi connectivity index (χ1n) is 7.72. The van der Waals surface area contributed by atoms with Gasteiger partial charge >= 0.3 is 0 Å². The van der Waals surface area contributed by atoms with Gasteiger partial charge in [-0.15, -0.1) is 0 Å². The molecule has 1 saturated carbocycles. The van der Waals surface area contributed by atoms with Crippen molar-refractivity contribution in [3.63, 3.8) is 0 Å². The van der Waals surface area contributed by atoms with Crippen molar-refractivity contribution in [1.82, 2.24) is 5.32 Å². The van der Waals surface area contributed by atoms with Gasteiger partial charge in [-0.2, -0.15) is 0 Å². The van der Waals surface area contributed by atoms with Crippen molar-refractivity contribution < 1.29 is 4.74 Å². The number of rotatable bonds is 6. The summed E-state index contributed by atoms with van der Waals surface area (Å²) < 4.78 is 6.06. The van der Waals surface area contributed by atoms with Crippen molar-refractivity contribution >= 4 is 0 Å². The molecule has 1 saturated heterocycles. The molecule has 0 aromatic carbocycles. The lowest BCUT2D eigenvalue weighted by atomic mass is 9.89. The predicted octanol–water partition coefficient (Wildman–Crippen LogP) is 3.65. The maximum absolute atomic E-state index is 6.06. The fourth-order valence-electron chi connectivity index (χ4n) is 3.43. The van der Waals surface area contributed by atoms with Crippen LogP contribution >= 0.6 is 0 Å². The number of ether oxygens (including phenoxy) is 1. The second-order valence-corrected chi connectivity index (χ2v) is 5.94. The van der Waals surface area contributed by atoms with Crippen LogP contribution in [0.1, 0.15) is 71.1 Å². The molecule has 1 heterocycles. The third kappa shape index (κ3) is 3.96. The first-order chi connectivity index (χ1) is 8.35. The molecule has 2 nitrogen and oxygen atoms in total. The maximum atomic E-state index is 6.06. The molecule has 0 bridgehead atoms. The van der Waals surface area contributed by atoms with Gasteiger partial charge in [0, 0.05) is 12.6 Å². The molecule has 1 aliphatic carbocycles. The number of unbranched alkanes of at least 4 members (excludes halogenated alkanes) is 3. The van der Waals surface area contributed by atoms with Crippen LogP contribution in [0, 0.1) is 0 Å². The van der Waals surface area contributed by atoms with Crippen LogP contribution in [0.3, 0.4) is 0 Å². The summed E-state index contributed by atoms with van der Waals surface area (Å²) in [4.78, 5) is 0. The predicted molar refractivity (Wildman–Crippen MR) is 72.3 cm³/mol. The summed E-state index contributed by atoms with van der Waals surface area (Å²) in [6, 6.07) is 0.725. The lowest BCUT2D eigenvalue weighted by Gasteiger charge is -2.38. The molecule has 2 rings (SSSR count). The Bertz CT molecular complexity index is 211. The molecule has 2 fully saturated rings. The summed E-state index contributed by atoms with van der Waals surface area (Å²) >= 11 is 0. The van der Waals surface area contributed by atoms with Gasteiger partial charge in [0.15, 0.2) is 0 Å². The Morgan fingerprint density at radius 1 is 1.18 bits per heavy atom. The van der Waals surface area contributed by atoms with Gasteiger partial charge < -0.3 is 10.1 Å². The van der Waals surface area contributed by atoms with E-state index in [2.05, 4.69) is 12.2 Å². The van der Waals surface area contributed by atoms with Crippen LogP contribution in [0.2, 0.25) is 0 Å². The average Bonchev–Trinajstić information content (AvgIpc) is 2.77. The van der Waals surface area contributed by atoms with E-state index < -0.39 is 0 Å². The van der Waals surface area contributed by atoms with Crippen molar-refractivity contribution in [1.29, 1.82) is 0 Å². The van der Waals surface area contributed by atoms with E-state index in [1.165, 1.54) is 70.8 Å². The molecule has 17 heavy (non-hydrogen) atoms. The van der Waals surface area contributed by atoms with Crippen LogP contribution in [0.25, 0.3) is 0 Å². The molecule has 1 atom stereocenters. The summed E-state index contributed by atoms with van der Waals surface area (Å²) in [6.07, 6.45) is 13.3. The monoisotopic (exact) mass is 239 g/mol. The third-order valence-electron chi connectivity index (χ3n) is 4.47. The highest BCUT2D eigenvalue weighted by atomic mass is 16.5. The minimum absolute atomic E-state index is 0.277. The van der Waals surface area contributed by atoms with Gasteiger partial charge in [-0.25, -0.2) is 0 Å². The van der Waals surface area contributed by atoms with Gasteiger partial charge in [-0.3, -0.25) is 0 Å². The van der Waals surface area contributed by atoms with Gasteiger partial charge in [-0.1, -0.05) is 39.0 Å². The Morgan fingerprint density at radius 2 is 2.00 bits per heavy atom. The second kappa shape index (κ2) is 6.75. The van der Waals surface area contributed by atoms with Gasteiger partial charge in [0.1, 0.15) is 0 Å². The third-order valence-corrected chi connectivity index (χ3v) is 4.47. The largest absolute Gasteiger partial charge is 0.375 e. The van der Waals surface area contributed by atoms with Crippen LogP contribution in [-0.2, 0) is 4.74 Å². The lowest BCUT2D eigenvalue weighted by molar-refractivity contribution is -0.0835. The van der Waals surface area contributed by atoms with Crippen molar-refractivity contribution in [2.24, 2.45) is 0 Å². The number of hydrogen-bond acceptors (Lipinski definition) is 2. The summed E-state index contributed by atoms with van der Waals surface area (Å²) in [7, 11) is 0. The Balaban J connectivity index is 1.63. The zero-order valence-corrected chi connectivity index (χ0v) is 11.5. The van der Waals surface area contributed by atoms with Crippen molar-refractivity contribution in [2.45, 2.75) is 82.8 Å². The Labute approximate surface area is 107 Å². The summed E-state index contributed by atoms with van der Waals surface area (Å²) in [5.74, 6) is 0. The second-order valence-electron chi connectivity index (χ2n) is 5.94. The van der Waals surface area contributed by atoms with E-state index in [1.54, 1.807) is 0 Å². The highest BCUT2D eigenvalue weighted by molar-refractivity contribution is 4.93. The molecule has 0 radical (unpaired) electrons. The van der Waals surface area contributed by atoms with Gasteiger partial charge in [0.25, 0.3) is 0 Å². The molecule has 1 spiro atoms. The van der Waals surface area contributed by atoms with Crippen molar-refractivity contribution in [3.05, 3.63) is 0 Å². The Kier molecular flexibility index (Phi) is 5.30. The molecule has 100 valence electrons. The first-order valence-corrected chi connectivity index (χ1v) is 7.72. The normalized spacial score (nSPS) is 27.7. The van der Waals surface area contributed by atoms with Crippen molar-refractivity contribution in [2.75, 3.05) is 13.2 Å². The standard InChI is InChI=1S/C15H29NO/c1-2-3-4-7-11-16-14-8-12-17-15(13-14)9-5-6-10-15/h14,16H,2-13H2,1H3. The van der Waals surface area contributed by atoms with Gasteiger partial charge in [-0.05, 0) is 38.6 Å². The minimum atomic E-state index is 0.277. The molecule has 0 aromatic rings. The molecular weight excluding hydrogens is 210 g/mol.